The van der Waals surface area contributed by atoms with Crippen molar-refractivity contribution in [2.45, 2.75) is 19.3 Å². The summed E-state index contributed by atoms with van der Waals surface area (Å²) in [6.07, 6.45) is 0. The molecule has 53 heavy (non-hydrogen) atoms. The van der Waals surface area contributed by atoms with Gasteiger partial charge in [0.2, 0.25) is 0 Å². The van der Waals surface area contributed by atoms with Crippen LogP contribution >= 0.6 is 0 Å². The summed E-state index contributed by atoms with van der Waals surface area (Å²) in [6.45, 7) is 4.71. The maximum Gasteiger partial charge on any atom is 0.161 e. The van der Waals surface area contributed by atoms with Crippen LogP contribution < -0.4 is 0 Å². The fourth-order valence-corrected chi connectivity index (χ4v) is 8.39. The first-order valence-electron chi connectivity index (χ1n) is 18.3. The molecule has 0 fully saturated rings. The second kappa shape index (κ2) is 12.3. The van der Waals surface area contributed by atoms with Gasteiger partial charge in [0.25, 0.3) is 0 Å². The molecule has 0 saturated heterocycles. The van der Waals surface area contributed by atoms with Crippen molar-refractivity contribution in [1.82, 2.24) is 9.97 Å². The number of nitrogens with zero attached hydrogens (tertiary/aromatic N) is 2. The van der Waals surface area contributed by atoms with Crippen molar-refractivity contribution in [3.05, 3.63) is 193 Å². The molecule has 1 aliphatic rings. The van der Waals surface area contributed by atoms with E-state index in [-0.39, 0.29) is 5.41 Å². The summed E-state index contributed by atoms with van der Waals surface area (Å²) in [5.41, 5.74) is 15.0. The van der Waals surface area contributed by atoms with Crippen LogP contribution in [0, 0.1) is 0 Å². The van der Waals surface area contributed by atoms with Crippen LogP contribution in [0.5, 0.6) is 0 Å². The number of benzene rings is 8. The van der Waals surface area contributed by atoms with E-state index in [9.17, 15) is 0 Å². The molecule has 0 amide bonds. The van der Waals surface area contributed by atoms with E-state index in [0.29, 0.717) is 5.82 Å². The van der Waals surface area contributed by atoms with Crippen LogP contribution in [-0.4, -0.2) is 9.97 Å². The van der Waals surface area contributed by atoms with Crippen LogP contribution in [0.3, 0.4) is 0 Å². The molecule has 0 radical (unpaired) electrons. The molecular formula is C51H36N2. The molecule has 0 unspecified atom stereocenters. The third-order valence-corrected chi connectivity index (χ3v) is 11.1. The smallest absolute Gasteiger partial charge is 0.161 e. The van der Waals surface area contributed by atoms with Gasteiger partial charge >= 0.3 is 0 Å². The van der Waals surface area contributed by atoms with Crippen molar-refractivity contribution in [2.75, 3.05) is 0 Å². The standard InChI is InChI=1S/C51H36N2/c1-51(2)46-28-25-37(30-44(46)45-29-35-19-9-10-20-36(35)31-47(45)51)39-26-27-43(41-23-13-12-22-40(39)41)50-52-48(34-17-7-4-8-18-34)32-49(53-50)42-24-14-11-21-38(42)33-15-5-3-6-16-33/h3-32H,1-2H3. The summed E-state index contributed by atoms with van der Waals surface area (Å²) in [4.78, 5) is 10.6. The van der Waals surface area contributed by atoms with Gasteiger partial charge in [-0.05, 0) is 96.4 Å². The Bertz CT molecular complexity index is 2850. The first-order valence-corrected chi connectivity index (χ1v) is 18.3. The molecular weight excluding hydrogens is 641 g/mol. The Hall–Kier alpha value is -6.64. The van der Waals surface area contributed by atoms with Gasteiger partial charge in [0.15, 0.2) is 5.82 Å². The van der Waals surface area contributed by atoms with Crippen molar-refractivity contribution >= 4 is 21.5 Å². The number of hydrogen-bond acceptors (Lipinski definition) is 2. The summed E-state index contributed by atoms with van der Waals surface area (Å²) in [5, 5.41) is 4.88. The third-order valence-electron chi connectivity index (χ3n) is 11.1. The predicted octanol–water partition coefficient (Wildman–Crippen LogP) is 13.4. The molecule has 0 saturated carbocycles. The first-order chi connectivity index (χ1) is 26.0. The zero-order valence-electron chi connectivity index (χ0n) is 29.7. The Labute approximate surface area is 310 Å². The average molecular weight is 677 g/mol. The van der Waals surface area contributed by atoms with Crippen molar-refractivity contribution in [3.63, 3.8) is 0 Å². The first kappa shape index (κ1) is 31.1. The number of rotatable bonds is 5. The summed E-state index contributed by atoms with van der Waals surface area (Å²) in [7, 11) is 0. The van der Waals surface area contributed by atoms with Gasteiger partial charge in [-0.1, -0.05) is 166 Å². The highest BCUT2D eigenvalue weighted by atomic mass is 14.9. The summed E-state index contributed by atoms with van der Waals surface area (Å²) in [5.74, 6) is 0.712. The van der Waals surface area contributed by atoms with Crippen molar-refractivity contribution in [3.8, 4) is 67.3 Å². The van der Waals surface area contributed by atoms with Gasteiger partial charge in [-0.2, -0.15) is 0 Å². The lowest BCUT2D eigenvalue weighted by molar-refractivity contribution is 0.661. The molecule has 1 heterocycles. The highest BCUT2D eigenvalue weighted by molar-refractivity contribution is 6.05. The van der Waals surface area contributed by atoms with E-state index in [1.807, 2.05) is 6.07 Å². The van der Waals surface area contributed by atoms with Crippen LogP contribution in [0.2, 0.25) is 0 Å². The van der Waals surface area contributed by atoms with E-state index < -0.39 is 0 Å². The molecule has 1 aromatic heterocycles. The fourth-order valence-electron chi connectivity index (χ4n) is 8.39. The molecule has 250 valence electrons. The zero-order valence-corrected chi connectivity index (χ0v) is 29.7. The molecule has 1 aliphatic carbocycles. The van der Waals surface area contributed by atoms with Crippen molar-refractivity contribution in [1.29, 1.82) is 0 Å². The largest absolute Gasteiger partial charge is 0.228 e. The molecule has 0 aliphatic heterocycles. The van der Waals surface area contributed by atoms with Gasteiger partial charge in [-0.25, -0.2) is 9.97 Å². The lowest BCUT2D eigenvalue weighted by Gasteiger charge is -2.22. The lowest BCUT2D eigenvalue weighted by Crippen LogP contribution is -2.14. The lowest BCUT2D eigenvalue weighted by atomic mass is 9.81. The number of aromatic nitrogens is 2. The van der Waals surface area contributed by atoms with Gasteiger partial charge in [0, 0.05) is 22.1 Å². The van der Waals surface area contributed by atoms with E-state index >= 15 is 0 Å². The average Bonchev–Trinajstić information content (AvgIpc) is 3.44. The Balaban J connectivity index is 1.15. The van der Waals surface area contributed by atoms with Crippen LogP contribution in [0.15, 0.2) is 182 Å². The molecule has 9 aromatic rings. The topological polar surface area (TPSA) is 25.8 Å². The van der Waals surface area contributed by atoms with Gasteiger partial charge in [-0.15, -0.1) is 0 Å². The summed E-state index contributed by atoms with van der Waals surface area (Å²) < 4.78 is 0. The minimum Gasteiger partial charge on any atom is -0.228 e. The quantitative estimate of drug-likeness (QED) is 0.181. The molecule has 10 rings (SSSR count). The zero-order chi connectivity index (χ0) is 35.5. The SMILES string of the molecule is CC1(C)c2ccc(-c3ccc(-c4nc(-c5ccccc5)cc(-c5ccccc5-c5ccccc5)n4)c4ccccc34)cc2-c2cc3ccccc3cc21. The van der Waals surface area contributed by atoms with Crippen molar-refractivity contribution < 1.29 is 0 Å². The highest BCUT2D eigenvalue weighted by Crippen LogP contribution is 2.51. The van der Waals surface area contributed by atoms with Crippen LogP contribution in [0.1, 0.15) is 25.0 Å². The maximum atomic E-state index is 5.34. The Morgan fingerprint density at radius 2 is 0.906 bits per heavy atom. The van der Waals surface area contributed by atoms with Crippen LogP contribution in [-0.2, 0) is 5.41 Å². The maximum absolute atomic E-state index is 5.34. The monoisotopic (exact) mass is 676 g/mol. The second-order valence-electron chi connectivity index (χ2n) is 14.6. The van der Waals surface area contributed by atoms with Crippen molar-refractivity contribution in [2.24, 2.45) is 0 Å². The minimum absolute atomic E-state index is 0.0723. The van der Waals surface area contributed by atoms with Crippen LogP contribution in [0.25, 0.3) is 88.8 Å². The highest BCUT2D eigenvalue weighted by Gasteiger charge is 2.36. The molecule has 0 N–H and O–H groups in total. The molecule has 0 atom stereocenters. The van der Waals surface area contributed by atoms with Gasteiger partial charge in [0.05, 0.1) is 11.4 Å². The summed E-state index contributed by atoms with van der Waals surface area (Å²) >= 11 is 0. The van der Waals surface area contributed by atoms with Gasteiger partial charge in [0.1, 0.15) is 0 Å². The Morgan fingerprint density at radius 3 is 1.66 bits per heavy atom. The molecule has 0 spiro atoms. The summed E-state index contributed by atoms with van der Waals surface area (Å²) in [6, 6.07) is 65.3. The number of hydrogen-bond donors (Lipinski definition) is 0. The molecule has 2 heteroatoms. The molecule has 0 bridgehead atoms. The normalized spacial score (nSPS) is 12.9. The molecule has 8 aromatic carbocycles. The fraction of sp³-hybridized carbons (Fsp3) is 0.0588. The number of fused-ring (bicyclic) bond motifs is 5. The van der Waals surface area contributed by atoms with Gasteiger partial charge in [-0.3, -0.25) is 0 Å². The van der Waals surface area contributed by atoms with E-state index in [0.717, 1.165) is 44.6 Å². The molecule has 2 nitrogen and oxygen atoms in total. The van der Waals surface area contributed by atoms with Crippen LogP contribution in [0.4, 0.5) is 0 Å². The second-order valence-corrected chi connectivity index (χ2v) is 14.6. The Kier molecular flexibility index (Phi) is 7.19. The van der Waals surface area contributed by atoms with E-state index in [1.165, 1.54) is 49.5 Å². The third kappa shape index (κ3) is 5.18. The van der Waals surface area contributed by atoms with E-state index in [4.69, 9.17) is 9.97 Å². The van der Waals surface area contributed by atoms with E-state index in [1.54, 1.807) is 0 Å². The minimum atomic E-state index is -0.0723. The van der Waals surface area contributed by atoms with Gasteiger partial charge < -0.3 is 0 Å². The predicted molar refractivity (Wildman–Crippen MR) is 222 cm³/mol. The van der Waals surface area contributed by atoms with E-state index in [2.05, 4.69) is 190 Å². The Morgan fingerprint density at radius 1 is 0.340 bits per heavy atom.